The number of nitrogens with one attached hydrogen (secondary N) is 2. The number of hydrogen-bond donors (Lipinski definition) is 2. The molecule has 2 N–H and O–H groups in total. The Labute approximate surface area is 118 Å². The zero-order valence-corrected chi connectivity index (χ0v) is 12.6. The lowest BCUT2D eigenvalue weighted by Gasteiger charge is -2.11. The molecule has 0 unspecified atom stereocenters. The fourth-order valence-corrected chi connectivity index (χ4v) is 2.53. The average Bonchev–Trinajstić information content (AvgIpc) is 2.81. The van der Waals surface area contributed by atoms with E-state index in [1.165, 1.54) is 9.75 Å². The molecule has 0 spiro atoms. The second kappa shape index (κ2) is 6.02. The number of aromatic nitrogens is 2. The third kappa shape index (κ3) is 3.67. The number of nitrogens with zero attached hydrogens (tertiary/aromatic N) is 2. The van der Waals surface area contributed by atoms with E-state index in [4.69, 9.17) is 0 Å². The van der Waals surface area contributed by atoms with Crippen LogP contribution in [0.4, 0.5) is 11.6 Å². The summed E-state index contributed by atoms with van der Waals surface area (Å²) in [6.45, 7) is 7.12. The highest BCUT2D eigenvalue weighted by molar-refractivity contribution is 7.11. The van der Waals surface area contributed by atoms with E-state index < -0.39 is 0 Å². The average molecular weight is 276 g/mol. The molecule has 0 aliphatic carbocycles. The van der Waals surface area contributed by atoms with Crippen LogP contribution in [-0.2, 0) is 6.54 Å². The summed E-state index contributed by atoms with van der Waals surface area (Å²) in [5.41, 5.74) is 0. The van der Waals surface area contributed by atoms with Gasteiger partial charge in [0.15, 0.2) is 0 Å². The number of rotatable bonds is 5. The molecule has 0 bridgehead atoms. The number of anilines is 2. The summed E-state index contributed by atoms with van der Waals surface area (Å²) >= 11 is 1.81. The predicted octanol–water partition coefficient (Wildman–Crippen LogP) is 3.62. The van der Waals surface area contributed by atoms with Crippen molar-refractivity contribution in [2.45, 2.75) is 33.2 Å². The van der Waals surface area contributed by atoms with Gasteiger partial charge in [-0.3, -0.25) is 0 Å². The molecule has 0 saturated heterocycles. The van der Waals surface area contributed by atoms with Gasteiger partial charge in [-0.2, -0.15) is 0 Å². The molecular formula is C14H20N4S. The summed E-state index contributed by atoms with van der Waals surface area (Å²) in [6, 6.07) is 6.23. The van der Waals surface area contributed by atoms with Gasteiger partial charge >= 0.3 is 0 Å². The Bertz CT molecular complexity index is 548. The Morgan fingerprint density at radius 2 is 1.95 bits per heavy atom. The van der Waals surface area contributed by atoms with Crippen molar-refractivity contribution in [1.29, 1.82) is 0 Å². The van der Waals surface area contributed by atoms with Crippen LogP contribution >= 0.6 is 11.3 Å². The molecule has 19 heavy (non-hydrogen) atoms. The number of hydrogen-bond acceptors (Lipinski definition) is 5. The predicted molar refractivity (Wildman–Crippen MR) is 82.1 cm³/mol. The summed E-state index contributed by atoms with van der Waals surface area (Å²) in [5, 5.41) is 6.44. The Hall–Kier alpha value is -1.62. The van der Waals surface area contributed by atoms with E-state index in [0.717, 1.165) is 24.0 Å². The molecule has 2 aromatic heterocycles. The summed E-state index contributed by atoms with van der Waals surface area (Å²) in [7, 11) is 1.87. The Morgan fingerprint density at radius 1 is 1.21 bits per heavy atom. The van der Waals surface area contributed by atoms with E-state index in [9.17, 15) is 0 Å². The molecule has 0 aromatic carbocycles. The van der Waals surface area contributed by atoms with Crippen molar-refractivity contribution >= 4 is 23.0 Å². The molecule has 0 saturated carbocycles. The van der Waals surface area contributed by atoms with Crippen molar-refractivity contribution in [3.05, 3.63) is 33.8 Å². The van der Waals surface area contributed by atoms with Gasteiger partial charge < -0.3 is 10.6 Å². The lowest BCUT2D eigenvalue weighted by Crippen LogP contribution is -2.07. The molecule has 0 radical (unpaired) electrons. The molecule has 2 heterocycles. The standard InChI is InChI=1S/C14H20N4S/c1-9(2)14-17-12(15-4)7-13(18-14)16-8-11-6-5-10(3)19-11/h5-7,9H,8H2,1-4H3,(H2,15,16,17,18). The molecule has 0 aliphatic heterocycles. The van der Waals surface area contributed by atoms with Crippen LogP contribution in [0.5, 0.6) is 0 Å². The van der Waals surface area contributed by atoms with Gasteiger partial charge in [-0.1, -0.05) is 13.8 Å². The Morgan fingerprint density at radius 3 is 2.53 bits per heavy atom. The van der Waals surface area contributed by atoms with Gasteiger partial charge in [-0.15, -0.1) is 11.3 Å². The van der Waals surface area contributed by atoms with Crippen molar-refractivity contribution in [2.24, 2.45) is 0 Å². The summed E-state index contributed by atoms with van der Waals surface area (Å²) in [6.07, 6.45) is 0. The molecular weight excluding hydrogens is 256 g/mol. The first-order chi connectivity index (χ1) is 9.08. The zero-order chi connectivity index (χ0) is 13.8. The summed E-state index contributed by atoms with van der Waals surface area (Å²) < 4.78 is 0. The highest BCUT2D eigenvalue weighted by Crippen LogP contribution is 2.19. The van der Waals surface area contributed by atoms with Gasteiger partial charge in [-0.05, 0) is 19.1 Å². The fraction of sp³-hybridized carbons (Fsp3) is 0.429. The molecule has 4 nitrogen and oxygen atoms in total. The van der Waals surface area contributed by atoms with Crippen LogP contribution in [0, 0.1) is 6.92 Å². The number of thiophene rings is 1. The van der Waals surface area contributed by atoms with E-state index in [-0.39, 0.29) is 0 Å². The molecule has 2 aromatic rings. The first-order valence-electron chi connectivity index (χ1n) is 6.44. The lowest BCUT2D eigenvalue weighted by molar-refractivity contribution is 0.776. The Balaban J connectivity index is 2.12. The summed E-state index contributed by atoms with van der Waals surface area (Å²) in [4.78, 5) is 11.6. The van der Waals surface area contributed by atoms with Crippen LogP contribution in [0.2, 0.25) is 0 Å². The van der Waals surface area contributed by atoms with Gasteiger partial charge in [0, 0.05) is 28.8 Å². The summed E-state index contributed by atoms with van der Waals surface area (Å²) in [5.74, 6) is 2.90. The molecule has 0 aliphatic rings. The van der Waals surface area contributed by atoms with Gasteiger partial charge in [-0.25, -0.2) is 9.97 Å². The number of aryl methyl sites for hydroxylation is 1. The third-order valence-electron chi connectivity index (χ3n) is 2.76. The highest BCUT2D eigenvalue weighted by atomic mass is 32.1. The van der Waals surface area contributed by atoms with Crippen LogP contribution in [0.1, 0.15) is 35.3 Å². The molecule has 0 amide bonds. The van der Waals surface area contributed by atoms with Gasteiger partial charge in [0.25, 0.3) is 0 Å². The minimum absolute atomic E-state index is 0.317. The molecule has 102 valence electrons. The topological polar surface area (TPSA) is 49.8 Å². The molecule has 0 fully saturated rings. The van der Waals surface area contributed by atoms with E-state index in [0.29, 0.717) is 5.92 Å². The zero-order valence-electron chi connectivity index (χ0n) is 11.8. The van der Waals surface area contributed by atoms with E-state index >= 15 is 0 Å². The van der Waals surface area contributed by atoms with Gasteiger partial charge in [0.2, 0.25) is 0 Å². The molecule has 5 heteroatoms. The first kappa shape index (κ1) is 13.8. The van der Waals surface area contributed by atoms with Crippen molar-refractivity contribution < 1.29 is 0 Å². The SMILES string of the molecule is CNc1cc(NCc2ccc(C)s2)nc(C(C)C)n1. The van der Waals surface area contributed by atoms with Crippen LogP contribution < -0.4 is 10.6 Å². The van der Waals surface area contributed by atoms with Crippen molar-refractivity contribution in [2.75, 3.05) is 17.7 Å². The normalized spacial score (nSPS) is 10.8. The van der Waals surface area contributed by atoms with Crippen LogP contribution in [-0.4, -0.2) is 17.0 Å². The van der Waals surface area contributed by atoms with Gasteiger partial charge in [0.1, 0.15) is 17.5 Å². The maximum absolute atomic E-state index is 4.55. The lowest BCUT2D eigenvalue weighted by atomic mass is 10.2. The highest BCUT2D eigenvalue weighted by Gasteiger charge is 2.07. The fourth-order valence-electron chi connectivity index (χ4n) is 1.70. The molecule has 0 atom stereocenters. The Kier molecular flexibility index (Phi) is 4.37. The van der Waals surface area contributed by atoms with Crippen molar-refractivity contribution in [3.63, 3.8) is 0 Å². The first-order valence-corrected chi connectivity index (χ1v) is 7.26. The van der Waals surface area contributed by atoms with Gasteiger partial charge in [0.05, 0.1) is 6.54 Å². The van der Waals surface area contributed by atoms with Crippen molar-refractivity contribution in [3.8, 4) is 0 Å². The van der Waals surface area contributed by atoms with E-state index in [1.54, 1.807) is 11.3 Å². The van der Waals surface area contributed by atoms with Crippen molar-refractivity contribution in [1.82, 2.24) is 9.97 Å². The monoisotopic (exact) mass is 276 g/mol. The quantitative estimate of drug-likeness (QED) is 0.875. The maximum Gasteiger partial charge on any atom is 0.135 e. The second-order valence-electron chi connectivity index (χ2n) is 4.77. The van der Waals surface area contributed by atoms with Crippen LogP contribution in [0.15, 0.2) is 18.2 Å². The van der Waals surface area contributed by atoms with E-state index in [1.807, 2.05) is 13.1 Å². The largest absolute Gasteiger partial charge is 0.373 e. The maximum atomic E-state index is 4.55. The smallest absolute Gasteiger partial charge is 0.135 e. The second-order valence-corrected chi connectivity index (χ2v) is 6.14. The van der Waals surface area contributed by atoms with Crippen LogP contribution in [0.25, 0.3) is 0 Å². The third-order valence-corrected chi connectivity index (χ3v) is 3.76. The van der Waals surface area contributed by atoms with E-state index in [2.05, 4.69) is 53.5 Å². The molecule has 2 rings (SSSR count). The van der Waals surface area contributed by atoms with Crippen LogP contribution in [0.3, 0.4) is 0 Å². The minimum Gasteiger partial charge on any atom is -0.373 e. The minimum atomic E-state index is 0.317.